The van der Waals surface area contributed by atoms with Gasteiger partial charge in [-0.15, -0.1) is 0 Å². The van der Waals surface area contributed by atoms with Gasteiger partial charge in [-0.05, 0) is 37.6 Å². The predicted octanol–water partition coefficient (Wildman–Crippen LogP) is 5.22. The van der Waals surface area contributed by atoms with Gasteiger partial charge in [0.15, 0.2) is 0 Å². The molecule has 3 rings (SSSR count). The molecule has 3 aromatic rings. The summed E-state index contributed by atoms with van der Waals surface area (Å²) in [6.45, 7) is 4.52. The number of anilines is 2. The van der Waals surface area contributed by atoms with Crippen LogP contribution in [-0.2, 0) is 11.3 Å². The first-order valence-corrected chi connectivity index (χ1v) is 9.73. The van der Waals surface area contributed by atoms with Crippen molar-refractivity contribution in [2.45, 2.75) is 26.8 Å². The molecule has 29 heavy (non-hydrogen) atoms. The Morgan fingerprint density at radius 2 is 1.93 bits per heavy atom. The zero-order chi connectivity index (χ0) is 20.8. The van der Waals surface area contributed by atoms with Gasteiger partial charge in [0.25, 0.3) is 0 Å². The number of nitrogen functional groups attached to an aromatic ring is 1. The van der Waals surface area contributed by atoms with Crippen LogP contribution in [0.15, 0.2) is 42.5 Å². The first-order chi connectivity index (χ1) is 14.1. The minimum atomic E-state index is -0.710. The highest BCUT2D eigenvalue weighted by atomic mass is 19.1. The predicted molar refractivity (Wildman–Crippen MR) is 114 cm³/mol. The first kappa shape index (κ1) is 20.5. The maximum atomic E-state index is 12.1. The number of nitrogens with two attached hydrogens (primary N) is 1. The van der Waals surface area contributed by atoms with Crippen LogP contribution < -0.4 is 15.8 Å². The Hall–Kier alpha value is -3.22. The van der Waals surface area contributed by atoms with Crippen molar-refractivity contribution in [3.63, 3.8) is 0 Å². The normalized spacial score (nSPS) is 10.9. The van der Waals surface area contributed by atoms with Gasteiger partial charge in [-0.25, -0.2) is 9.18 Å². The van der Waals surface area contributed by atoms with E-state index in [-0.39, 0.29) is 6.61 Å². The molecule has 3 N–H and O–H groups in total. The lowest BCUT2D eigenvalue weighted by Gasteiger charge is -2.12. The summed E-state index contributed by atoms with van der Waals surface area (Å²) >= 11 is 0. The molecule has 0 radical (unpaired) electrons. The van der Waals surface area contributed by atoms with Crippen LogP contribution in [0.4, 0.5) is 20.6 Å². The van der Waals surface area contributed by atoms with E-state index in [4.69, 9.17) is 15.2 Å². The average molecular weight is 399 g/mol. The fourth-order valence-corrected chi connectivity index (χ4v) is 3.38. The molecule has 6 nitrogen and oxygen atoms in total. The third kappa shape index (κ3) is 4.45. The van der Waals surface area contributed by atoms with E-state index in [0.717, 1.165) is 40.9 Å². The molecule has 2 aromatic carbocycles. The van der Waals surface area contributed by atoms with Crippen molar-refractivity contribution in [1.82, 2.24) is 4.57 Å². The molecule has 1 aromatic heterocycles. The van der Waals surface area contributed by atoms with Gasteiger partial charge in [-0.1, -0.05) is 19.1 Å². The number of carbonyl (C=O) groups is 1. The molecule has 0 spiro atoms. The molecule has 154 valence electrons. The van der Waals surface area contributed by atoms with Crippen molar-refractivity contribution in [3.8, 4) is 17.0 Å². The number of rotatable bonds is 8. The monoisotopic (exact) mass is 399 g/mol. The summed E-state index contributed by atoms with van der Waals surface area (Å²) < 4.78 is 24.6. The molecule has 1 heterocycles. The smallest absolute Gasteiger partial charge is 0.411 e. The number of amides is 1. The number of alkyl halides is 1. The maximum Gasteiger partial charge on any atom is 0.411 e. The molecule has 0 saturated carbocycles. The number of ether oxygens (including phenoxy) is 2. The van der Waals surface area contributed by atoms with Crippen LogP contribution in [0.5, 0.6) is 5.75 Å². The molecule has 0 aliphatic heterocycles. The van der Waals surface area contributed by atoms with E-state index in [2.05, 4.69) is 16.8 Å². The topological polar surface area (TPSA) is 78.5 Å². The van der Waals surface area contributed by atoms with Crippen LogP contribution in [-0.4, -0.2) is 30.5 Å². The molecular formula is C22H26FN3O3. The van der Waals surface area contributed by atoms with Crippen molar-refractivity contribution in [2.24, 2.45) is 0 Å². The van der Waals surface area contributed by atoms with Crippen molar-refractivity contribution < 1.29 is 18.7 Å². The number of fused-ring (bicyclic) bond motifs is 1. The molecule has 0 aliphatic rings. The van der Waals surface area contributed by atoms with Crippen molar-refractivity contribution in [2.75, 3.05) is 30.9 Å². The Kier molecular flexibility index (Phi) is 6.59. The number of nitrogens with one attached hydrogen (secondary N) is 1. The van der Waals surface area contributed by atoms with Crippen molar-refractivity contribution in [3.05, 3.63) is 42.5 Å². The summed E-state index contributed by atoms with van der Waals surface area (Å²) in [6, 6.07) is 13.3. The average Bonchev–Trinajstić information content (AvgIpc) is 2.99. The SMILES string of the molecule is CCCn1c(-c2ccc(NC(=O)OCCF)cc2)c(N)c2ccc(OCC)cc21. The van der Waals surface area contributed by atoms with E-state index >= 15 is 0 Å². The van der Waals surface area contributed by atoms with Crippen LogP contribution in [0, 0.1) is 0 Å². The molecule has 7 heteroatoms. The Bertz CT molecular complexity index is 983. The van der Waals surface area contributed by atoms with E-state index in [9.17, 15) is 9.18 Å². The highest BCUT2D eigenvalue weighted by Gasteiger charge is 2.17. The summed E-state index contributed by atoms with van der Waals surface area (Å²) in [6.07, 6.45) is 0.272. The third-order valence-corrected chi connectivity index (χ3v) is 4.55. The van der Waals surface area contributed by atoms with Crippen LogP contribution in [0.1, 0.15) is 20.3 Å². The summed E-state index contributed by atoms with van der Waals surface area (Å²) in [5.41, 5.74) is 10.7. The largest absolute Gasteiger partial charge is 0.494 e. The molecular weight excluding hydrogens is 373 g/mol. The number of halogens is 1. The molecule has 0 bridgehead atoms. The molecule has 0 fully saturated rings. The van der Waals surface area contributed by atoms with Crippen LogP contribution in [0.25, 0.3) is 22.2 Å². The molecule has 0 atom stereocenters. The van der Waals surface area contributed by atoms with E-state index in [1.54, 1.807) is 12.1 Å². The van der Waals surface area contributed by atoms with Gasteiger partial charge in [0.1, 0.15) is 19.0 Å². The molecule has 0 unspecified atom stereocenters. The zero-order valence-corrected chi connectivity index (χ0v) is 16.7. The maximum absolute atomic E-state index is 12.1. The Morgan fingerprint density at radius 3 is 2.59 bits per heavy atom. The number of hydrogen-bond donors (Lipinski definition) is 2. The molecule has 0 saturated heterocycles. The van der Waals surface area contributed by atoms with Gasteiger partial charge in [0, 0.05) is 29.2 Å². The second-order valence-corrected chi connectivity index (χ2v) is 6.55. The standard InChI is InChI=1S/C22H26FN3O3/c1-3-12-26-19-14-17(28-4-2)9-10-18(19)20(24)21(26)15-5-7-16(8-6-15)25-22(27)29-13-11-23/h5-10,14H,3-4,11-13,24H2,1-2H3,(H,25,27). The second kappa shape index (κ2) is 9.32. The lowest BCUT2D eigenvalue weighted by atomic mass is 10.1. The fraction of sp³-hybridized carbons (Fsp3) is 0.318. The molecule has 1 amide bonds. The van der Waals surface area contributed by atoms with E-state index in [1.165, 1.54) is 0 Å². The minimum Gasteiger partial charge on any atom is -0.494 e. The number of carbonyl (C=O) groups excluding carboxylic acids is 1. The lowest BCUT2D eigenvalue weighted by molar-refractivity contribution is 0.152. The first-order valence-electron chi connectivity index (χ1n) is 9.73. The van der Waals surface area contributed by atoms with Gasteiger partial charge in [-0.3, -0.25) is 5.32 Å². The van der Waals surface area contributed by atoms with Gasteiger partial charge in [-0.2, -0.15) is 0 Å². The minimum absolute atomic E-state index is 0.263. The Balaban J connectivity index is 1.96. The summed E-state index contributed by atoms with van der Waals surface area (Å²) in [7, 11) is 0. The molecule has 0 aliphatic carbocycles. The highest BCUT2D eigenvalue weighted by molar-refractivity contribution is 6.01. The van der Waals surface area contributed by atoms with Gasteiger partial charge in [0.2, 0.25) is 0 Å². The summed E-state index contributed by atoms with van der Waals surface area (Å²) in [4.78, 5) is 11.6. The van der Waals surface area contributed by atoms with Gasteiger partial charge >= 0.3 is 6.09 Å². The summed E-state index contributed by atoms with van der Waals surface area (Å²) in [5.74, 6) is 0.813. The zero-order valence-electron chi connectivity index (χ0n) is 16.7. The number of aromatic nitrogens is 1. The quantitative estimate of drug-likeness (QED) is 0.544. The number of aryl methyl sites for hydroxylation is 1. The lowest BCUT2D eigenvalue weighted by Crippen LogP contribution is -2.14. The summed E-state index contributed by atoms with van der Waals surface area (Å²) in [5, 5.41) is 3.56. The number of benzene rings is 2. The Labute approximate surface area is 169 Å². The van der Waals surface area contributed by atoms with Gasteiger partial charge < -0.3 is 19.8 Å². The number of nitrogens with zero attached hydrogens (tertiary/aromatic N) is 1. The van der Waals surface area contributed by atoms with Crippen LogP contribution in [0.2, 0.25) is 0 Å². The van der Waals surface area contributed by atoms with Crippen molar-refractivity contribution in [1.29, 1.82) is 0 Å². The van der Waals surface area contributed by atoms with E-state index < -0.39 is 12.8 Å². The third-order valence-electron chi connectivity index (χ3n) is 4.55. The van der Waals surface area contributed by atoms with Gasteiger partial charge in [0.05, 0.1) is 23.5 Å². The highest BCUT2D eigenvalue weighted by Crippen LogP contribution is 2.38. The second-order valence-electron chi connectivity index (χ2n) is 6.55. The van der Waals surface area contributed by atoms with E-state index in [1.807, 2.05) is 37.3 Å². The van der Waals surface area contributed by atoms with E-state index in [0.29, 0.717) is 18.0 Å². The Morgan fingerprint density at radius 1 is 1.17 bits per heavy atom. The number of hydrogen-bond acceptors (Lipinski definition) is 4. The van der Waals surface area contributed by atoms with Crippen LogP contribution >= 0.6 is 0 Å². The fourth-order valence-electron chi connectivity index (χ4n) is 3.38. The van der Waals surface area contributed by atoms with Crippen LogP contribution in [0.3, 0.4) is 0 Å². The van der Waals surface area contributed by atoms with Crippen molar-refractivity contribution >= 4 is 28.4 Å².